The quantitative estimate of drug-likeness (QED) is 0.232. The number of carbonyl (C=O) groups excluding carboxylic acids is 1. The molecule has 2 heterocycles. The molecule has 0 radical (unpaired) electrons. The molecule has 1 amide bonds. The predicted octanol–water partition coefficient (Wildman–Crippen LogP) is 1.72. The minimum atomic E-state index is -1.01. The molecule has 0 saturated heterocycles. The summed E-state index contributed by atoms with van der Waals surface area (Å²) < 4.78 is 5.76. The van der Waals surface area contributed by atoms with Crippen LogP contribution in [-0.4, -0.2) is 62.8 Å². The number of hydrogen-bond donors (Lipinski definition) is 6. The third-order valence-corrected chi connectivity index (χ3v) is 6.74. The molecule has 1 fully saturated rings. The average Bonchev–Trinajstić information content (AvgIpc) is 3.57. The zero-order valence-corrected chi connectivity index (χ0v) is 18.9. The number of carbonyl (C=O) groups is 1. The van der Waals surface area contributed by atoms with Crippen LogP contribution in [0, 0.1) is 0 Å². The zero-order valence-electron chi connectivity index (χ0n) is 18.9. The van der Waals surface area contributed by atoms with Gasteiger partial charge in [0.2, 0.25) is 0 Å². The van der Waals surface area contributed by atoms with E-state index in [2.05, 4.69) is 39.0 Å². The molecule has 0 aliphatic heterocycles. The van der Waals surface area contributed by atoms with E-state index < -0.39 is 18.6 Å². The van der Waals surface area contributed by atoms with E-state index in [4.69, 9.17) is 9.52 Å². The summed E-state index contributed by atoms with van der Waals surface area (Å²) in [7, 11) is 0. The number of furan rings is 1. The molecule has 2 aliphatic carbocycles. The molecule has 34 heavy (non-hydrogen) atoms. The van der Waals surface area contributed by atoms with Gasteiger partial charge in [-0.25, -0.2) is 0 Å². The van der Waals surface area contributed by atoms with Gasteiger partial charge in [0.05, 0.1) is 24.5 Å². The normalized spacial score (nSPS) is 20.1. The number of aromatic amines is 1. The van der Waals surface area contributed by atoms with Gasteiger partial charge in [-0.2, -0.15) is 5.10 Å². The van der Waals surface area contributed by atoms with Crippen LogP contribution in [0.4, 0.5) is 0 Å². The van der Waals surface area contributed by atoms with Crippen molar-refractivity contribution in [3.05, 3.63) is 52.8 Å². The van der Waals surface area contributed by atoms with Crippen molar-refractivity contribution >= 4 is 5.91 Å². The molecule has 9 heteroatoms. The Bertz CT molecular complexity index is 1160. The van der Waals surface area contributed by atoms with E-state index in [0.29, 0.717) is 11.8 Å². The van der Waals surface area contributed by atoms with Crippen molar-refractivity contribution < 1.29 is 24.5 Å². The van der Waals surface area contributed by atoms with Gasteiger partial charge in [-0.1, -0.05) is 18.2 Å². The van der Waals surface area contributed by atoms with Crippen molar-refractivity contribution in [3.8, 4) is 22.7 Å². The van der Waals surface area contributed by atoms with Gasteiger partial charge in [0, 0.05) is 36.7 Å². The first kappa shape index (κ1) is 22.8. The second-order valence-electron chi connectivity index (χ2n) is 9.19. The Morgan fingerprint density at radius 3 is 2.82 bits per heavy atom. The summed E-state index contributed by atoms with van der Waals surface area (Å²) >= 11 is 0. The first-order chi connectivity index (χ1) is 16.5. The summed E-state index contributed by atoms with van der Waals surface area (Å²) in [5.74, 6) is 0.196. The van der Waals surface area contributed by atoms with Gasteiger partial charge in [0.25, 0.3) is 5.91 Å². The average molecular weight is 467 g/mol. The summed E-state index contributed by atoms with van der Waals surface area (Å²) in [5.41, 5.74) is 6.24. The number of aromatic nitrogens is 2. The van der Waals surface area contributed by atoms with Crippen LogP contribution in [0.1, 0.15) is 52.9 Å². The fourth-order valence-electron chi connectivity index (χ4n) is 4.79. The van der Waals surface area contributed by atoms with Crippen LogP contribution in [0.25, 0.3) is 22.7 Å². The van der Waals surface area contributed by atoms with E-state index in [1.54, 1.807) is 12.1 Å². The molecule has 5 rings (SSSR count). The number of hydrogen-bond acceptors (Lipinski definition) is 7. The molecule has 1 unspecified atom stereocenters. The number of H-pyrrole nitrogens is 1. The van der Waals surface area contributed by atoms with Crippen LogP contribution in [-0.2, 0) is 13.0 Å². The smallest absolute Gasteiger partial charge is 0.287 e. The maximum Gasteiger partial charge on any atom is 0.287 e. The largest absolute Gasteiger partial charge is 0.449 e. The maximum atomic E-state index is 12.2. The Labute approximate surface area is 197 Å². The van der Waals surface area contributed by atoms with Crippen molar-refractivity contribution in [1.29, 1.82) is 0 Å². The van der Waals surface area contributed by atoms with Crippen LogP contribution in [0.15, 0.2) is 34.7 Å². The highest BCUT2D eigenvalue weighted by Gasteiger charge is 2.27. The Hall–Kier alpha value is -2.98. The number of rotatable bonds is 8. The maximum absolute atomic E-state index is 12.2. The van der Waals surface area contributed by atoms with Crippen LogP contribution >= 0.6 is 0 Å². The van der Waals surface area contributed by atoms with Crippen LogP contribution < -0.4 is 10.6 Å². The number of amides is 1. The number of aliphatic hydroxyl groups is 3. The third-order valence-electron chi connectivity index (χ3n) is 6.74. The summed E-state index contributed by atoms with van der Waals surface area (Å²) in [6.07, 6.45) is 3.33. The molecule has 1 atom stereocenters. The van der Waals surface area contributed by atoms with Gasteiger partial charge >= 0.3 is 0 Å². The van der Waals surface area contributed by atoms with Crippen molar-refractivity contribution in [2.75, 3.05) is 13.2 Å². The summed E-state index contributed by atoms with van der Waals surface area (Å²) in [5, 5.41) is 41.7. The van der Waals surface area contributed by atoms with E-state index in [0.717, 1.165) is 61.2 Å². The van der Waals surface area contributed by atoms with Crippen molar-refractivity contribution in [2.45, 2.75) is 56.9 Å². The fourth-order valence-corrected chi connectivity index (χ4v) is 4.79. The zero-order chi connectivity index (χ0) is 23.7. The number of aliphatic hydroxyl groups excluding tert-OH is 3. The topological polar surface area (TPSA) is 144 Å². The molecular weight excluding hydrogens is 436 g/mol. The van der Waals surface area contributed by atoms with Gasteiger partial charge in [0.1, 0.15) is 5.69 Å². The first-order valence-electron chi connectivity index (χ1n) is 11.8. The molecule has 2 aromatic heterocycles. The van der Waals surface area contributed by atoms with Gasteiger partial charge < -0.3 is 30.4 Å². The minimum Gasteiger partial charge on any atom is -0.449 e. The lowest BCUT2D eigenvalue weighted by atomic mass is 9.93. The standard InChI is InChI=1S/C25H30N4O5/c30-13-18(32)12-27-25(33)22-8-7-21(34-22)24-20-10-15-9-14(1-6-19(15)23(20)28-29-24)11-26-16-2-4-17(31)5-3-16/h1,6-9,16-18,26,30-32H,2-5,10-13H2,(H,27,33)(H,28,29). The monoisotopic (exact) mass is 466 g/mol. The molecule has 3 aromatic rings. The molecule has 0 bridgehead atoms. The molecule has 180 valence electrons. The molecule has 1 saturated carbocycles. The molecule has 6 N–H and O–H groups in total. The number of fused-ring (bicyclic) bond motifs is 3. The lowest BCUT2D eigenvalue weighted by molar-refractivity contribution is 0.0784. The van der Waals surface area contributed by atoms with Crippen LogP contribution in [0.5, 0.6) is 0 Å². The van der Waals surface area contributed by atoms with E-state index in [1.807, 2.05) is 0 Å². The Morgan fingerprint density at radius 1 is 1.21 bits per heavy atom. The molecular formula is C25H30N4O5. The van der Waals surface area contributed by atoms with Gasteiger partial charge in [-0.15, -0.1) is 0 Å². The highest BCUT2D eigenvalue weighted by atomic mass is 16.4. The van der Waals surface area contributed by atoms with Crippen molar-refractivity contribution in [2.24, 2.45) is 0 Å². The second-order valence-corrected chi connectivity index (χ2v) is 9.19. The van der Waals surface area contributed by atoms with Gasteiger partial charge in [-0.05, 0) is 48.9 Å². The molecule has 9 nitrogen and oxygen atoms in total. The van der Waals surface area contributed by atoms with E-state index >= 15 is 0 Å². The lowest BCUT2D eigenvalue weighted by Gasteiger charge is -2.26. The third kappa shape index (κ3) is 4.65. The van der Waals surface area contributed by atoms with E-state index in [1.165, 1.54) is 11.1 Å². The Kier molecular flexibility index (Phi) is 6.51. The molecule has 1 aromatic carbocycles. The first-order valence-corrected chi connectivity index (χ1v) is 11.8. The second kappa shape index (κ2) is 9.71. The SMILES string of the molecule is O=C(NCC(O)CO)c1ccc(-c2[nH]nc3c2Cc2cc(CNC4CCC(O)CC4)ccc2-3)o1. The highest BCUT2D eigenvalue weighted by Crippen LogP contribution is 2.40. The number of benzene rings is 1. The molecule has 2 aliphatic rings. The summed E-state index contributed by atoms with van der Waals surface area (Å²) in [4.78, 5) is 12.2. The summed E-state index contributed by atoms with van der Waals surface area (Å²) in [6.45, 7) is 0.319. The minimum absolute atomic E-state index is 0.0555. The Morgan fingerprint density at radius 2 is 2.03 bits per heavy atom. The molecule has 0 spiro atoms. The van der Waals surface area contributed by atoms with E-state index in [9.17, 15) is 15.0 Å². The lowest BCUT2D eigenvalue weighted by Crippen LogP contribution is -2.34. The van der Waals surface area contributed by atoms with Gasteiger partial charge in [0.15, 0.2) is 11.5 Å². The summed E-state index contributed by atoms with van der Waals surface area (Å²) in [6, 6.07) is 10.2. The number of nitrogens with zero attached hydrogens (tertiary/aromatic N) is 1. The predicted molar refractivity (Wildman–Crippen MR) is 125 cm³/mol. The Balaban J connectivity index is 1.25. The fraction of sp³-hybridized carbons (Fsp3) is 0.440. The van der Waals surface area contributed by atoms with Crippen molar-refractivity contribution in [1.82, 2.24) is 20.8 Å². The van der Waals surface area contributed by atoms with E-state index in [-0.39, 0.29) is 18.4 Å². The number of nitrogens with one attached hydrogen (secondary N) is 3. The van der Waals surface area contributed by atoms with Crippen LogP contribution in [0.2, 0.25) is 0 Å². The van der Waals surface area contributed by atoms with Crippen molar-refractivity contribution in [3.63, 3.8) is 0 Å². The van der Waals surface area contributed by atoms with Gasteiger partial charge in [-0.3, -0.25) is 9.89 Å². The highest BCUT2D eigenvalue weighted by molar-refractivity contribution is 5.92. The van der Waals surface area contributed by atoms with Crippen LogP contribution in [0.3, 0.4) is 0 Å².